The summed E-state index contributed by atoms with van der Waals surface area (Å²) in [5, 5.41) is 0. The summed E-state index contributed by atoms with van der Waals surface area (Å²) in [6.07, 6.45) is 2.85. The molecule has 0 unspecified atom stereocenters. The normalized spacial score (nSPS) is 25.5. The summed E-state index contributed by atoms with van der Waals surface area (Å²) in [5.41, 5.74) is 0.246. The molecular formula is C8H16ClNO2S. The molecular weight excluding hydrogens is 210 g/mol. The van der Waals surface area contributed by atoms with Crippen LogP contribution in [0.15, 0.2) is 0 Å². The molecule has 1 aliphatic heterocycles. The molecule has 1 rings (SSSR count). The van der Waals surface area contributed by atoms with Crippen molar-refractivity contribution < 1.29 is 8.42 Å². The van der Waals surface area contributed by atoms with Crippen LogP contribution in [0, 0.1) is 5.41 Å². The van der Waals surface area contributed by atoms with Gasteiger partial charge in [-0.15, -0.1) is 0 Å². The molecule has 1 saturated heterocycles. The number of halogens is 1. The predicted octanol–water partition coefficient (Wildman–Crippen LogP) is 1.98. The molecule has 0 spiro atoms. The van der Waals surface area contributed by atoms with E-state index in [9.17, 15) is 8.42 Å². The topological polar surface area (TPSA) is 37.4 Å². The smallest absolute Gasteiger partial charge is 0.195 e. The van der Waals surface area contributed by atoms with Gasteiger partial charge >= 0.3 is 0 Å². The molecule has 0 aromatic carbocycles. The molecule has 3 nitrogen and oxygen atoms in total. The van der Waals surface area contributed by atoms with Gasteiger partial charge in [-0.2, -0.15) is 12.7 Å². The predicted molar refractivity (Wildman–Crippen MR) is 54.0 cm³/mol. The van der Waals surface area contributed by atoms with Crippen LogP contribution >= 0.6 is 10.7 Å². The molecule has 1 heterocycles. The zero-order chi connectivity index (χ0) is 10.1. The fourth-order valence-electron chi connectivity index (χ4n) is 1.62. The van der Waals surface area contributed by atoms with Gasteiger partial charge in [-0.3, -0.25) is 0 Å². The highest BCUT2D eigenvalue weighted by molar-refractivity contribution is 8.11. The molecule has 0 bridgehead atoms. The average molecular weight is 226 g/mol. The second-order valence-electron chi connectivity index (χ2n) is 4.36. The van der Waals surface area contributed by atoms with Crippen LogP contribution in [0.2, 0.25) is 0 Å². The van der Waals surface area contributed by atoms with Gasteiger partial charge in [-0.05, 0) is 24.7 Å². The van der Waals surface area contributed by atoms with Gasteiger partial charge in [-0.25, -0.2) is 0 Å². The Hall–Kier alpha value is 0.200. The molecule has 0 radical (unpaired) electrons. The largest absolute Gasteiger partial charge is 0.299 e. The van der Waals surface area contributed by atoms with Crippen molar-refractivity contribution in [2.75, 3.05) is 13.1 Å². The lowest BCUT2D eigenvalue weighted by atomic mass is 9.85. The number of nitrogens with zero attached hydrogens (tertiary/aromatic N) is 1. The first kappa shape index (κ1) is 11.3. The SMILES string of the molecule is CC1(C)CCCN(S(=O)(=O)Cl)CC1. The van der Waals surface area contributed by atoms with E-state index < -0.39 is 9.24 Å². The molecule has 0 saturated carbocycles. The molecule has 5 heteroatoms. The molecule has 1 fully saturated rings. The first-order valence-corrected chi connectivity index (χ1v) is 6.78. The maximum Gasteiger partial charge on any atom is 0.299 e. The van der Waals surface area contributed by atoms with Crippen molar-refractivity contribution in [1.82, 2.24) is 4.31 Å². The van der Waals surface area contributed by atoms with Crippen LogP contribution in [0.3, 0.4) is 0 Å². The third kappa shape index (κ3) is 3.44. The van der Waals surface area contributed by atoms with Crippen molar-refractivity contribution in [3.8, 4) is 0 Å². The van der Waals surface area contributed by atoms with Gasteiger partial charge in [0.15, 0.2) is 0 Å². The van der Waals surface area contributed by atoms with Gasteiger partial charge in [0.1, 0.15) is 0 Å². The van der Waals surface area contributed by atoms with E-state index in [2.05, 4.69) is 13.8 Å². The molecule has 0 atom stereocenters. The number of rotatable bonds is 1. The van der Waals surface area contributed by atoms with Crippen molar-refractivity contribution >= 4 is 19.9 Å². The van der Waals surface area contributed by atoms with Crippen LogP contribution < -0.4 is 0 Å². The molecule has 0 N–H and O–H groups in total. The third-order valence-corrected chi connectivity index (χ3v) is 4.17. The van der Waals surface area contributed by atoms with E-state index in [1.54, 1.807) is 0 Å². The van der Waals surface area contributed by atoms with Crippen LogP contribution in [0.4, 0.5) is 0 Å². The van der Waals surface area contributed by atoms with E-state index in [0.717, 1.165) is 19.3 Å². The number of hydrogen-bond donors (Lipinski definition) is 0. The summed E-state index contributed by atoms with van der Waals surface area (Å²) in [7, 11) is 1.78. The first-order chi connectivity index (χ1) is 5.81. The second kappa shape index (κ2) is 3.75. The minimum Gasteiger partial charge on any atom is -0.195 e. The van der Waals surface area contributed by atoms with Gasteiger partial charge in [-0.1, -0.05) is 13.8 Å². The van der Waals surface area contributed by atoms with Gasteiger partial charge in [0.05, 0.1) is 0 Å². The Morgan fingerprint density at radius 1 is 1.23 bits per heavy atom. The summed E-state index contributed by atoms with van der Waals surface area (Å²) in [5.74, 6) is 0. The van der Waals surface area contributed by atoms with E-state index in [1.807, 2.05) is 0 Å². The minimum absolute atomic E-state index is 0.246. The van der Waals surface area contributed by atoms with Gasteiger partial charge in [0.25, 0.3) is 9.24 Å². The Balaban J connectivity index is 2.66. The van der Waals surface area contributed by atoms with E-state index >= 15 is 0 Å². The molecule has 0 amide bonds. The highest BCUT2D eigenvalue weighted by atomic mass is 35.7. The van der Waals surface area contributed by atoms with Crippen molar-refractivity contribution in [3.63, 3.8) is 0 Å². The van der Waals surface area contributed by atoms with Crippen LogP contribution in [0.25, 0.3) is 0 Å². The summed E-state index contributed by atoms with van der Waals surface area (Å²) in [6, 6.07) is 0. The third-order valence-electron chi connectivity index (χ3n) is 2.61. The summed E-state index contributed by atoms with van der Waals surface area (Å²) >= 11 is 0. The fourth-order valence-corrected chi connectivity index (χ4v) is 2.69. The van der Waals surface area contributed by atoms with Crippen molar-refractivity contribution in [1.29, 1.82) is 0 Å². The molecule has 0 aliphatic carbocycles. The van der Waals surface area contributed by atoms with E-state index in [0.29, 0.717) is 13.1 Å². The maximum atomic E-state index is 11.0. The van der Waals surface area contributed by atoms with Gasteiger partial charge in [0, 0.05) is 23.8 Å². The van der Waals surface area contributed by atoms with Crippen molar-refractivity contribution in [2.24, 2.45) is 5.41 Å². The molecule has 1 aliphatic rings. The lowest BCUT2D eigenvalue weighted by molar-refractivity contribution is 0.315. The number of hydrogen-bond acceptors (Lipinski definition) is 2. The summed E-state index contributed by atoms with van der Waals surface area (Å²) in [4.78, 5) is 0. The first-order valence-electron chi connectivity index (χ1n) is 4.51. The monoisotopic (exact) mass is 225 g/mol. The van der Waals surface area contributed by atoms with E-state index in [-0.39, 0.29) is 5.41 Å². The van der Waals surface area contributed by atoms with Gasteiger partial charge < -0.3 is 0 Å². The second-order valence-corrected chi connectivity index (χ2v) is 6.87. The molecule has 78 valence electrons. The van der Waals surface area contributed by atoms with Crippen LogP contribution in [-0.4, -0.2) is 25.8 Å². The van der Waals surface area contributed by atoms with Crippen LogP contribution in [0.1, 0.15) is 33.1 Å². The maximum absolute atomic E-state index is 11.0. The molecule has 0 aromatic rings. The minimum atomic E-state index is -3.49. The van der Waals surface area contributed by atoms with Crippen molar-refractivity contribution in [3.05, 3.63) is 0 Å². The fraction of sp³-hybridized carbons (Fsp3) is 1.00. The average Bonchev–Trinajstić information content (AvgIpc) is 2.08. The Morgan fingerprint density at radius 2 is 1.85 bits per heavy atom. The lowest BCUT2D eigenvalue weighted by Gasteiger charge is -2.21. The Labute approximate surface area is 84.6 Å². The Bertz CT molecular complexity index is 274. The standard InChI is InChI=1S/C8H16ClNO2S/c1-8(2)4-3-6-10(7-5-8)13(9,11)12/h3-7H2,1-2H3. The van der Waals surface area contributed by atoms with Crippen molar-refractivity contribution in [2.45, 2.75) is 33.1 Å². The molecule has 0 aromatic heterocycles. The Morgan fingerprint density at radius 3 is 2.38 bits per heavy atom. The Kier molecular flexibility index (Phi) is 3.25. The zero-order valence-corrected chi connectivity index (χ0v) is 9.66. The molecule has 13 heavy (non-hydrogen) atoms. The van der Waals surface area contributed by atoms with E-state index in [1.165, 1.54) is 4.31 Å². The quantitative estimate of drug-likeness (QED) is 0.640. The van der Waals surface area contributed by atoms with Crippen LogP contribution in [0.5, 0.6) is 0 Å². The summed E-state index contributed by atoms with van der Waals surface area (Å²) in [6.45, 7) is 5.45. The highest BCUT2D eigenvalue weighted by Crippen LogP contribution is 2.30. The highest BCUT2D eigenvalue weighted by Gasteiger charge is 2.27. The lowest BCUT2D eigenvalue weighted by Crippen LogP contribution is -2.28. The van der Waals surface area contributed by atoms with E-state index in [4.69, 9.17) is 10.7 Å². The zero-order valence-electron chi connectivity index (χ0n) is 8.09. The van der Waals surface area contributed by atoms with Gasteiger partial charge in [0.2, 0.25) is 0 Å². The van der Waals surface area contributed by atoms with Crippen LogP contribution in [-0.2, 0) is 9.24 Å². The summed E-state index contributed by atoms with van der Waals surface area (Å²) < 4.78 is 23.4.